The summed E-state index contributed by atoms with van der Waals surface area (Å²) in [6.45, 7) is 12.4. The number of piperazine rings is 1. The van der Waals surface area contributed by atoms with Crippen LogP contribution in [0.2, 0.25) is 0 Å². The molecule has 1 heterocycles. The fraction of sp³-hybridized carbons (Fsp3) is 0.333. The summed E-state index contributed by atoms with van der Waals surface area (Å²) >= 11 is 1.78. The molecule has 3 nitrogen and oxygen atoms in total. The van der Waals surface area contributed by atoms with E-state index < -0.39 is 0 Å². The molecular weight excluding hydrogens is 345 g/mol. The number of rotatable bonds is 5. The maximum absolute atomic E-state index is 13.1. The molecule has 0 bridgehead atoms. The van der Waals surface area contributed by atoms with E-state index in [9.17, 15) is 4.39 Å². The Hall–Kier alpha value is -1.82. The summed E-state index contributed by atoms with van der Waals surface area (Å²) in [7, 11) is 2.16. The predicted molar refractivity (Wildman–Crippen MR) is 112 cm³/mol. The summed E-state index contributed by atoms with van der Waals surface area (Å²) in [6, 6.07) is 14.6. The summed E-state index contributed by atoms with van der Waals surface area (Å²) in [6.07, 6.45) is 0. The van der Waals surface area contributed by atoms with Crippen LogP contribution in [0, 0.1) is 5.82 Å². The topological polar surface area (TPSA) is 18.5 Å². The third-order valence-corrected chi connectivity index (χ3v) is 5.23. The number of halogens is 1. The van der Waals surface area contributed by atoms with Crippen LogP contribution in [0.4, 0.5) is 10.1 Å². The molecule has 3 rings (SSSR count). The van der Waals surface area contributed by atoms with Gasteiger partial charge in [-0.3, -0.25) is 0 Å². The third kappa shape index (κ3) is 5.87. The van der Waals surface area contributed by atoms with Gasteiger partial charge >= 0.3 is 0 Å². The quantitative estimate of drug-likeness (QED) is 0.727. The molecule has 0 amide bonds. The van der Waals surface area contributed by atoms with Crippen molar-refractivity contribution in [3.63, 3.8) is 0 Å². The van der Waals surface area contributed by atoms with Crippen LogP contribution in [0.15, 0.2) is 60.0 Å². The van der Waals surface area contributed by atoms with Crippen LogP contribution in [0.3, 0.4) is 0 Å². The Kier molecular flexibility index (Phi) is 8.16. The SMILES string of the molecule is C=C(Nc1ccccc1SN1CCN(C)CC1)c1ccc(F)cc1.CC. The fourth-order valence-electron chi connectivity index (χ4n) is 2.55. The second kappa shape index (κ2) is 10.4. The van der Waals surface area contributed by atoms with Crippen LogP contribution in [-0.4, -0.2) is 42.4 Å². The number of benzene rings is 2. The molecule has 140 valence electrons. The van der Waals surface area contributed by atoms with Crippen molar-refractivity contribution < 1.29 is 4.39 Å². The molecule has 1 saturated heterocycles. The summed E-state index contributed by atoms with van der Waals surface area (Å²) < 4.78 is 15.5. The molecule has 0 unspecified atom stereocenters. The molecule has 2 aromatic rings. The summed E-state index contributed by atoms with van der Waals surface area (Å²) in [5, 5.41) is 3.37. The molecule has 0 atom stereocenters. The van der Waals surface area contributed by atoms with Crippen LogP contribution >= 0.6 is 11.9 Å². The fourth-order valence-corrected chi connectivity index (χ4v) is 3.53. The van der Waals surface area contributed by atoms with Gasteiger partial charge in [-0.25, -0.2) is 8.70 Å². The van der Waals surface area contributed by atoms with Crippen LogP contribution in [0.5, 0.6) is 0 Å². The zero-order valence-electron chi connectivity index (χ0n) is 15.8. The highest BCUT2D eigenvalue weighted by molar-refractivity contribution is 7.97. The maximum atomic E-state index is 13.1. The van der Waals surface area contributed by atoms with Gasteiger partial charge in [-0.2, -0.15) is 0 Å². The molecule has 2 aromatic carbocycles. The Bertz CT molecular complexity index is 695. The molecule has 1 N–H and O–H groups in total. The van der Waals surface area contributed by atoms with E-state index in [1.54, 1.807) is 24.1 Å². The molecule has 5 heteroatoms. The van der Waals surface area contributed by atoms with E-state index >= 15 is 0 Å². The normalized spacial score (nSPS) is 15.1. The molecule has 0 aliphatic carbocycles. The first kappa shape index (κ1) is 20.5. The first-order valence-corrected chi connectivity index (χ1v) is 9.81. The van der Waals surface area contributed by atoms with Gasteiger partial charge in [0.25, 0.3) is 0 Å². The summed E-state index contributed by atoms with van der Waals surface area (Å²) in [5.74, 6) is -0.238. The third-order valence-electron chi connectivity index (χ3n) is 4.05. The zero-order chi connectivity index (χ0) is 18.9. The molecule has 0 saturated carbocycles. The Balaban J connectivity index is 0.00000117. The van der Waals surface area contributed by atoms with Gasteiger partial charge in [0.1, 0.15) is 5.82 Å². The average Bonchev–Trinajstić information content (AvgIpc) is 2.67. The van der Waals surface area contributed by atoms with E-state index in [4.69, 9.17) is 0 Å². The van der Waals surface area contributed by atoms with Crippen molar-refractivity contribution in [3.8, 4) is 0 Å². The first-order chi connectivity index (χ1) is 12.6. The lowest BCUT2D eigenvalue weighted by Crippen LogP contribution is -2.41. The van der Waals surface area contributed by atoms with Crippen molar-refractivity contribution in [2.24, 2.45) is 0 Å². The highest BCUT2D eigenvalue weighted by Crippen LogP contribution is 2.32. The number of likely N-dealkylation sites (N-methyl/N-ethyl adjacent to an activating group) is 1. The van der Waals surface area contributed by atoms with E-state index in [2.05, 4.69) is 34.2 Å². The van der Waals surface area contributed by atoms with E-state index in [1.165, 1.54) is 17.0 Å². The van der Waals surface area contributed by atoms with Crippen molar-refractivity contribution in [1.82, 2.24) is 9.21 Å². The number of para-hydroxylation sites is 1. The molecule has 1 aliphatic rings. The highest BCUT2D eigenvalue weighted by atomic mass is 32.2. The van der Waals surface area contributed by atoms with Gasteiger partial charge in [-0.15, -0.1) is 0 Å². The number of hydrogen-bond donors (Lipinski definition) is 1. The second-order valence-electron chi connectivity index (χ2n) is 5.93. The Morgan fingerprint density at radius 2 is 1.62 bits per heavy atom. The number of hydrogen-bond acceptors (Lipinski definition) is 4. The van der Waals surface area contributed by atoms with E-state index in [0.717, 1.165) is 43.1 Å². The predicted octanol–water partition coefficient (Wildman–Crippen LogP) is 5.19. The van der Waals surface area contributed by atoms with Crippen LogP contribution < -0.4 is 5.32 Å². The zero-order valence-corrected chi connectivity index (χ0v) is 16.7. The van der Waals surface area contributed by atoms with Gasteiger partial charge in [0, 0.05) is 36.8 Å². The highest BCUT2D eigenvalue weighted by Gasteiger charge is 2.16. The molecule has 1 fully saturated rings. The minimum absolute atomic E-state index is 0.238. The molecular formula is C21H28FN3S. The van der Waals surface area contributed by atoms with Crippen LogP contribution in [-0.2, 0) is 0 Å². The van der Waals surface area contributed by atoms with Gasteiger partial charge in [0.15, 0.2) is 0 Å². The molecule has 0 spiro atoms. The van der Waals surface area contributed by atoms with Crippen molar-refractivity contribution in [3.05, 3.63) is 66.5 Å². The monoisotopic (exact) mass is 373 g/mol. The van der Waals surface area contributed by atoms with Crippen molar-refractivity contribution in [2.45, 2.75) is 18.7 Å². The number of nitrogens with one attached hydrogen (secondary N) is 1. The Labute approximate surface area is 161 Å². The molecule has 26 heavy (non-hydrogen) atoms. The van der Waals surface area contributed by atoms with Gasteiger partial charge in [-0.05, 0) is 48.8 Å². The van der Waals surface area contributed by atoms with E-state index in [1.807, 2.05) is 32.0 Å². The summed E-state index contributed by atoms with van der Waals surface area (Å²) in [5.41, 5.74) is 2.67. The number of nitrogens with zero attached hydrogens (tertiary/aromatic N) is 2. The molecule has 0 radical (unpaired) electrons. The lowest BCUT2D eigenvalue weighted by Gasteiger charge is -2.31. The summed E-state index contributed by atoms with van der Waals surface area (Å²) in [4.78, 5) is 3.52. The smallest absolute Gasteiger partial charge is 0.123 e. The lowest BCUT2D eigenvalue weighted by atomic mass is 10.1. The van der Waals surface area contributed by atoms with Crippen molar-refractivity contribution in [2.75, 3.05) is 38.5 Å². The van der Waals surface area contributed by atoms with Crippen LogP contribution in [0.1, 0.15) is 19.4 Å². The standard InChI is InChI=1S/C19H22FN3S.C2H6/c1-15(16-7-9-17(20)10-8-16)21-18-5-3-4-6-19(18)24-23-13-11-22(2)12-14-23;1-2/h3-10,21H,1,11-14H2,2H3;1-2H3. The van der Waals surface area contributed by atoms with Gasteiger partial charge in [0.05, 0.1) is 5.69 Å². The Morgan fingerprint density at radius 1 is 1.00 bits per heavy atom. The van der Waals surface area contributed by atoms with Crippen LogP contribution in [0.25, 0.3) is 5.70 Å². The van der Waals surface area contributed by atoms with Gasteiger partial charge in [-0.1, -0.05) is 44.7 Å². The van der Waals surface area contributed by atoms with Gasteiger partial charge in [0.2, 0.25) is 0 Å². The van der Waals surface area contributed by atoms with Crippen molar-refractivity contribution in [1.29, 1.82) is 0 Å². The molecule has 0 aromatic heterocycles. The lowest BCUT2D eigenvalue weighted by molar-refractivity contribution is 0.233. The van der Waals surface area contributed by atoms with Crippen molar-refractivity contribution >= 4 is 23.3 Å². The van der Waals surface area contributed by atoms with E-state index in [0.29, 0.717) is 0 Å². The first-order valence-electron chi connectivity index (χ1n) is 9.04. The minimum Gasteiger partial charge on any atom is -0.355 e. The van der Waals surface area contributed by atoms with Gasteiger partial charge < -0.3 is 10.2 Å². The Morgan fingerprint density at radius 3 is 2.27 bits per heavy atom. The average molecular weight is 374 g/mol. The molecule has 1 aliphatic heterocycles. The minimum atomic E-state index is -0.238. The number of anilines is 1. The second-order valence-corrected chi connectivity index (χ2v) is 7.07. The largest absolute Gasteiger partial charge is 0.355 e. The maximum Gasteiger partial charge on any atom is 0.123 e. The van der Waals surface area contributed by atoms with E-state index in [-0.39, 0.29) is 5.82 Å².